The molecule has 98 valence electrons. The summed E-state index contributed by atoms with van der Waals surface area (Å²) in [4.78, 5) is 14.2. The van der Waals surface area contributed by atoms with E-state index < -0.39 is 11.5 Å². The first kappa shape index (κ1) is 11.9. The third-order valence-corrected chi connectivity index (χ3v) is 5.10. The molecule has 0 bridgehead atoms. The number of hydrogen-bond acceptors (Lipinski definition) is 4. The molecule has 0 spiro atoms. The third kappa shape index (κ3) is 1.49. The van der Waals surface area contributed by atoms with Gasteiger partial charge in [0.05, 0.1) is 18.7 Å². The first-order valence-electron chi connectivity index (χ1n) is 6.71. The number of rotatable bonds is 3. The molecule has 0 aromatic rings. The van der Waals surface area contributed by atoms with Gasteiger partial charge in [0.15, 0.2) is 0 Å². The summed E-state index contributed by atoms with van der Waals surface area (Å²) in [6.45, 7) is -0.0287. The van der Waals surface area contributed by atoms with E-state index >= 15 is 0 Å². The normalized spacial score (nSPS) is 37.4. The fourth-order valence-corrected chi connectivity index (χ4v) is 3.51. The molecule has 3 N–H and O–H groups in total. The van der Waals surface area contributed by atoms with Crippen molar-refractivity contribution in [3.05, 3.63) is 0 Å². The summed E-state index contributed by atoms with van der Waals surface area (Å²) in [6, 6.07) is 1.49. The van der Waals surface area contributed by atoms with E-state index in [4.69, 9.17) is 11.0 Å². The number of carbonyl (C=O) groups is 1. The Hall–Kier alpha value is -1.12. The molecule has 5 nitrogen and oxygen atoms in total. The molecule has 1 heterocycles. The van der Waals surface area contributed by atoms with Crippen molar-refractivity contribution in [2.75, 3.05) is 6.61 Å². The van der Waals surface area contributed by atoms with Crippen LogP contribution in [-0.2, 0) is 4.79 Å². The number of nitrogens with zero attached hydrogens (tertiary/aromatic N) is 2. The molecule has 3 rings (SSSR count). The minimum Gasteiger partial charge on any atom is -0.396 e. The fourth-order valence-electron chi connectivity index (χ4n) is 3.51. The Bertz CT molecular complexity index is 407. The zero-order valence-electron chi connectivity index (χ0n) is 10.4. The molecule has 0 aromatic carbocycles. The van der Waals surface area contributed by atoms with Crippen LogP contribution in [0.5, 0.6) is 0 Å². The number of nitrogens with two attached hydrogens (primary N) is 1. The summed E-state index contributed by atoms with van der Waals surface area (Å²) in [7, 11) is 0. The zero-order chi connectivity index (χ0) is 12.9. The first-order chi connectivity index (χ1) is 8.63. The maximum atomic E-state index is 12.5. The summed E-state index contributed by atoms with van der Waals surface area (Å²) < 4.78 is 0. The van der Waals surface area contributed by atoms with Gasteiger partial charge < -0.3 is 15.7 Å². The minimum atomic E-state index is -0.647. The number of carbonyl (C=O) groups excluding carboxylic acids is 1. The third-order valence-electron chi connectivity index (χ3n) is 5.10. The van der Waals surface area contributed by atoms with Gasteiger partial charge in [0.1, 0.15) is 6.04 Å². The summed E-state index contributed by atoms with van der Waals surface area (Å²) in [5, 5.41) is 18.6. The van der Waals surface area contributed by atoms with Crippen molar-refractivity contribution in [2.24, 2.45) is 17.1 Å². The summed E-state index contributed by atoms with van der Waals surface area (Å²) in [5.74, 6) is 0.387. The van der Waals surface area contributed by atoms with E-state index in [-0.39, 0.29) is 24.6 Å². The van der Waals surface area contributed by atoms with E-state index in [9.17, 15) is 9.90 Å². The Morgan fingerprint density at radius 2 is 2.28 bits per heavy atom. The van der Waals surface area contributed by atoms with Crippen molar-refractivity contribution < 1.29 is 9.90 Å². The van der Waals surface area contributed by atoms with Crippen molar-refractivity contribution in [3.63, 3.8) is 0 Å². The lowest BCUT2D eigenvalue weighted by molar-refractivity contribution is -0.140. The summed E-state index contributed by atoms with van der Waals surface area (Å²) in [6.07, 6.45) is 4.47. The van der Waals surface area contributed by atoms with Gasteiger partial charge in [-0.05, 0) is 31.6 Å². The Morgan fingerprint density at radius 3 is 2.78 bits per heavy atom. The van der Waals surface area contributed by atoms with Gasteiger partial charge in [0.2, 0.25) is 5.91 Å². The minimum absolute atomic E-state index is 0.0287. The van der Waals surface area contributed by atoms with Crippen molar-refractivity contribution in [2.45, 2.75) is 50.2 Å². The number of piperidine rings is 1. The second kappa shape index (κ2) is 3.94. The van der Waals surface area contributed by atoms with Gasteiger partial charge in [0.25, 0.3) is 0 Å². The van der Waals surface area contributed by atoms with Gasteiger partial charge in [0, 0.05) is 11.5 Å². The Morgan fingerprint density at radius 1 is 1.56 bits per heavy atom. The number of nitriles is 1. The molecule has 1 aliphatic heterocycles. The average molecular weight is 249 g/mol. The number of aliphatic hydroxyl groups excluding tert-OH is 1. The highest BCUT2D eigenvalue weighted by Crippen LogP contribution is 2.49. The molecule has 0 aromatic heterocycles. The van der Waals surface area contributed by atoms with Gasteiger partial charge in [-0.2, -0.15) is 5.26 Å². The highest BCUT2D eigenvalue weighted by Gasteiger charge is 2.57. The van der Waals surface area contributed by atoms with E-state index in [1.165, 1.54) is 0 Å². The number of aliphatic hydroxyl groups is 1. The molecule has 1 amide bonds. The Kier molecular flexibility index (Phi) is 2.61. The van der Waals surface area contributed by atoms with Gasteiger partial charge in [-0.15, -0.1) is 0 Å². The van der Waals surface area contributed by atoms with E-state index in [2.05, 4.69) is 6.07 Å². The molecule has 1 saturated heterocycles. The standard InChI is InChI=1S/C13H19N3O2/c14-6-9-4-8-5-10(8)16(9)12(18)11(15)13(7-17)2-1-3-13/h8-11,17H,1-5,7,15H2/t8-,9+,10?,11-/m1/s1. The second-order valence-electron chi connectivity index (χ2n) is 6.04. The van der Waals surface area contributed by atoms with Crippen LogP contribution in [-0.4, -0.2) is 40.6 Å². The van der Waals surface area contributed by atoms with Gasteiger partial charge in [-0.1, -0.05) is 6.42 Å². The van der Waals surface area contributed by atoms with Crippen LogP contribution in [0.15, 0.2) is 0 Å². The predicted molar refractivity (Wildman–Crippen MR) is 64.1 cm³/mol. The van der Waals surface area contributed by atoms with Crippen molar-refractivity contribution >= 4 is 5.91 Å². The number of amides is 1. The topological polar surface area (TPSA) is 90.4 Å². The molecular formula is C13H19N3O2. The smallest absolute Gasteiger partial charge is 0.241 e. The molecule has 0 radical (unpaired) electrons. The molecule has 5 heteroatoms. The SMILES string of the molecule is N#C[C@@H]1C[C@@H]2CC2N1C(=O)[C@@H](N)C1(CO)CCC1. The maximum absolute atomic E-state index is 12.5. The molecule has 4 atom stereocenters. The van der Waals surface area contributed by atoms with E-state index in [1.54, 1.807) is 4.90 Å². The molecule has 2 saturated carbocycles. The lowest BCUT2D eigenvalue weighted by Gasteiger charge is -2.45. The van der Waals surface area contributed by atoms with Crippen LogP contribution in [0.1, 0.15) is 32.1 Å². The first-order valence-corrected chi connectivity index (χ1v) is 6.71. The Balaban J connectivity index is 1.76. The molecule has 3 aliphatic rings. The quantitative estimate of drug-likeness (QED) is 0.736. The number of hydrogen-bond donors (Lipinski definition) is 2. The van der Waals surface area contributed by atoms with E-state index in [1.807, 2.05) is 0 Å². The molecule has 1 unspecified atom stereocenters. The lowest BCUT2D eigenvalue weighted by Crippen LogP contribution is -2.59. The molecular weight excluding hydrogens is 230 g/mol. The fraction of sp³-hybridized carbons (Fsp3) is 0.846. The van der Waals surface area contributed by atoms with Gasteiger partial charge in [-0.3, -0.25) is 4.79 Å². The largest absolute Gasteiger partial charge is 0.396 e. The number of likely N-dealkylation sites (tertiary alicyclic amines) is 1. The average Bonchev–Trinajstić information content (AvgIpc) is 2.99. The van der Waals surface area contributed by atoms with Crippen LogP contribution in [0.4, 0.5) is 0 Å². The highest BCUT2D eigenvalue weighted by atomic mass is 16.3. The van der Waals surface area contributed by atoms with Crippen molar-refractivity contribution in [1.29, 1.82) is 5.26 Å². The van der Waals surface area contributed by atoms with Gasteiger partial charge >= 0.3 is 0 Å². The van der Waals surface area contributed by atoms with Crippen LogP contribution >= 0.6 is 0 Å². The second-order valence-corrected chi connectivity index (χ2v) is 6.04. The molecule has 2 aliphatic carbocycles. The van der Waals surface area contributed by atoms with Crippen molar-refractivity contribution in [1.82, 2.24) is 4.90 Å². The zero-order valence-corrected chi connectivity index (χ0v) is 10.4. The predicted octanol–water partition coefficient (Wildman–Crippen LogP) is -0.0107. The van der Waals surface area contributed by atoms with Gasteiger partial charge in [-0.25, -0.2) is 0 Å². The lowest BCUT2D eigenvalue weighted by atomic mass is 9.64. The van der Waals surface area contributed by atoms with Crippen LogP contribution in [0, 0.1) is 22.7 Å². The van der Waals surface area contributed by atoms with Crippen LogP contribution in [0.2, 0.25) is 0 Å². The molecule has 3 fully saturated rings. The highest BCUT2D eigenvalue weighted by molar-refractivity contribution is 5.84. The van der Waals surface area contributed by atoms with E-state index in [0.717, 1.165) is 32.1 Å². The van der Waals surface area contributed by atoms with E-state index in [0.29, 0.717) is 5.92 Å². The molecule has 18 heavy (non-hydrogen) atoms. The van der Waals surface area contributed by atoms with Crippen LogP contribution in [0.25, 0.3) is 0 Å². The maximum Gasteiger partial charge on any atom is 0.241 e. The monoisotopic (exact) mass is 249 g/mol. The summed E-state index contributed by atoms with van der Waals surface area (Å²) in [5.41, 5.74) is 5.66. The van der Waals surface area contributed by atoms with Crippen LogP contribution in [0.3, 0.4) is 0 Å². The Labute approximate surface area is 107 Å². The van der Waals surface area contributed by atoms with Crippen molar-refractivity contribution in [3.8, 4) is 6.07 Å². The summed E-state index contributed by atoms with van der Waals surface area (Å²) >= 11 is 0. The van der Waals surface area contributed by atoms with Crippen LogP contribution < -0.4 is 5.73 Å². The number of fused-ring (bicyclic) bond motifs is 1.